The summed E-state index contributed by atoms with van der Waals surface area (Å²) in [4.78, 5) is 0. The Morgan fingerprint density at radius 3 is 2.73 bits per heavy atom. The molecule has 11 heavy (non-hydrogen) atoms. The Balaban J connectivity index is 2.90. The highest BCUT2D eigenvalue weighted by Gasteiger charge is 1.99. The summed E-state index contributed by atoms with van der Waals surface area (Å²) < 4.78 is 13.0. The summed E-state index contributed by atoms with van der Waals surface area (Å²) in [6, 6.07) is 5.22. The van der Waals surface area contributed by atoms with E-state index in [1.54, 1.807) is 6.07 Å². The Morgan fingerprint density at radius 1 is 1.45 bits per heavy atom. The third-order valence-corrected chi connectivity index (χ3v) is 1.62. The van der Waals surface area contributed by atoms with Crippen LogP contribution in [0.25, 0.3) is 0 Å². The van der Waals surface area contributed by atoms with Crippen molar-refractivity contribution in [2.24, 2.45) is 5.73 Å². The summed E-state index contributed by atoms with van der Waals surface area (Å²) in [5, 5.41) is 0. The van der Waals surface area contributed by atoms with Gasteiger partial charge in [-0.15, -0.1) is 0 Å². The normalized spacial score (nSPS) is 10.1. The van der Waals surface area contributed by atoms with Gasteiger partial charge in [-0.25, -0.2) is 4.39 Å². The molecule has 0 aromatic heterocycles. The minimum Gasteiger partial charge on any atom is -0.330 e. The molecule has 0 fully saturated rings. The van der Waals surface area contributed by atoms with Crippen LogP contribution in [0.1, 0.15) is 11.1 Å². The maximum atomic E-state index is 13.0. The lowest BCUT2D eigenvalue weighted by atomic mass is 10.1. The van der Waals surface area contributed by atoms with E-state index in [9.17, 15) is 4.39 Å². The summed E-state index contributed by atoms with van der Waals surface area (Å²) in [5.41, 5.74) is 6.95. The van der Waals surface area contributed by atoms with Crippen molar-refractivity contribution in [2.75, 3.05) is 6.54 Å². The second kappa shape index (κ2) is 3.49. The van der Waals surface area contributed by atoms with Crippen molar-refractivity contribution in [3.63, 3.8) is 0 Å². The molecule has 1 nitrogen and oxygen atoms in total. The predicted molar refractivity (Wildman–Crippen MR) is 43.9 cm³/mol. The summed E-state index contributed by atoms with van der Waals surface area (Å²) in [5.74, 6) is -0.143. The summed E-state index contributed by atoms with van der Waals surface area (Å²) in [7, 11) is 0. The van der Waals surface area contributed by atoms with Crippen molar-refractivity contribution in [3.8, 4) is 0 Å². The standard InChI is InChI=1S/C9H12FN/c1-7-2-3-8(4-5-11)9(10)6-7/h2-3,6H,4-5,11H2,1H3. The molecule has 0 aliphatic heterocycles. The maximum absolute atomic E-state index is 13.0. The molecule has 2 heteroatoms. The van der Waals surface area contributed by atoms with Gasteiger partial charge in [-0.05, 0) is 37.1 Å². The van der Waals surface area contributed by atoms with Crippen LogP contribution in [0, 0.1) is 12.7 Å². The summed E-state index contributed by atoms with van der Waals surface area (Å²) >= 11 is 0. The van der Waals surface area contributed by atoms with Crippen molar-refractivity contribution in [1.82, 2.24) is 0 Å². The van der Waals surface area contributed by atoms with Crippen LogP contribution in [0.2, 0.25) is 0 Å². The smallest absolute Gasteiger partial charge is 0.126 e. The first kappa shape index (κ1) is 8.21. The van der Waals surface area contributed by atoms with Crippen LogP contribution in [-0.4, -0.2) is 6.54 Å². The average Bonchev–Trinajstić information content (AvgIpc) is 1.95. The number of rotatable bonds is 2. The summed E-state index contributed by atoms with van der Waals surface area (Å²) in [6.45, 7) is 2.37. The molecule has 0 atom stereocenters. The molecule has 0 unspecified atom stereocenters. The van der Waals surface area contributed by atoms with Crippen molar-refractivity contribution in [2.45, 2.75) is 13.3 Å². The molecule has 0 spiro atoms. The minimum absolute atomic E-state index is 0.143. The van der Waals surface area contributed by atoms with Crippen molar-refractivity contribution in [3.05, 3.63) is 35.1 Å². The van der Waals surface area contributed by atoms with Crippen LogP contribution >= 0.6 is 0 Å². The van der Waals surface area contributed by atoms with E-state index in [2.05, 4.69) is 0 Å². The van der Waals surface area contributed by atoms with Crippen LogP contribution in [0.3, 0.4) is 0 Å². The molecular weight excluding hydrogens is 141 g/mol. The first-order valence-electron chi connectivity index (χ1n) is 3.69. The van der Waals surface area contributed by atoms with E-state index in [-0.39, 0.29) is 5.82 Å². The largest absolute Gasteiger partial charge is 0.330 e. The Labute approximate surface area is 66.0 Å². The van der Waals surface area contributed by atoms with Gasteiger partial charge in [0.05, 0.1) is 0 Å². The number of aryl methyl sites for hydroxylation is 1. The lowest BCUT2D eigenvalue weighted by molar-refractivity contribution is 0.608. The Kier molecular flexibility index (Phi) is 2.60. The molecule has 0 saturated carbocycles. The van der Waals surface area contributed by atoms with E-state index < -0.39 is 0 Å². The fraction of sp³-hybridized carbons (Fsp3) is 0.333. The van der Waals surface area contributed by atoms with Crippen molar-refractivity contribution in [1.29, 1.82) is 0 Å². The van der Waals surface area contributed by atoms with Crippen LogP contribution in [-0.2, 0) is 6.42 Å². The number of nitrogens with two attached hydrogens (primary N) is 1. The fourth-order valence-electron chi connectivity index (χ4n) is 1.01. The van der Waals surface area contributed by atoms with Crippen LogP contribution < -0.4 is 5.73 Å². The van der Waals surface area contributed by atoms with Crippen molar-refractivity contribution < 1.29 is 4.39 Å². The van der Waals surface area contributed by atoms with Gasteiger partial charge >= 0.3 is 0 Å². The second-order valence-electron chi connectivity index (χ2n) is 2.63. The van der Waals surface area contributed by atoms with Crippen molar-refractivity contribution >= 4 is 0 Å². The molecule has 0 aliphatic carbocycles. The highest BCUT2D eigenvalue weighted by molar-refractivity contribution is 5.23. The van der Waals surface area contributed by atoms with Gasteiger partial charge in [0, 0.05) is 0 Å². The van der Waals surface area contributed by atoms with Gasteiger partial charge in [0.1, 0.15) is 5.82 Å². The van der Waals surface area contributed by atoms with Gasteiger partial charge in [0.2, 0.25) is 0 Å². The topological polar surface area (TPSA) is 26.0 Å². The number of hydrogen-bond acceptors (Lipinski definition) is 1. The SMILES string of the molecule is Cc1ccc(CCN)c(F)c1. The lowest BCUT2D eigenvalue weighted by Gasteiger charge is -2.00. The van der Waals surface area contributed by atoms with Crippen LogP contribution in [0.15, 0.2) is 18.2 Å². The number of hydrogen-bond donors (Lipinski definition) is 1. The van der Waals surface area contributed by atoms with Crippen LogP contribution in [0.5, 0.6) is 0 Å². The zero-order valence-electron chi connectivity index (χ0n) is 6.60. The quantitative estimate of drug-likeness (QED) is 0.686. The highest BCUT2D eigenvalue weighted by atomic mass is 19.1. The van der Waals surface area contributed by atoms with E-state index in [4.69, 9.17) is 5.73 Å². The van der Waals surface area contributed by atoms with E-state index in [1.165, 1.54) is 6.07 Å². The first-order chi connectivity index (χ1) is 5.24. The third-order valence-electron chi connectivity index (χ3n) is 1.62. The summed E-state index contributed by atoms with van der Waals surface area (Å²) in [6.07, 6.45) is 0.617. The molecule has 0 heterocycles. The van der Waals surface area contributed by atoms with Gasteiger partial charge in [0.15, 0.2) is 0 Å². The van der Waals surface area contributed by atoms with E-state index >= 15 is 0 Å². The van der Waals surface area contributed by atoms with E-state index in [1.807, 2.05) is 13.0 Å². The molecule has 0 saturated heterocycles. The van der Waals surface area contributed by atoms with Gasteiger partial charge < -0.3 is 5.73 Å². The molecule has 1 aromatic rings. The Morgan fingerprint density at radius 2 is 2.18 bits per heavy atom. The monoisotopic (exact) mass is 153 g/mol. The Bertz CT molecular complexity index is 245. The molecule has 0 bridgehead atoms. The van der Waals surface area contributed by atoms with Gasteiger partial charge in [-0.1, -0.05) is 12.1 Å². The third kappa shape index (κ3) is 2.02. The molecular formula is C9H12FN. The maximum Gasteiger partial charge on any atom is 0.126 e. The first-order valence-corrected chi connectivity index (χ1v) is 3.69. The molecule has 0 amide bonds. The molecule has 60 valence electrons. The van der Waals surface area contributed by atoms with Gasteiger partial charge in [-0.2, -0.15) is 0 Å². The Hall–Kier alpha value is -0.890. The molecule has 1 aromatic carbocycles. The lowest BCUT2D eigenvalue weighted by Crippen LogP contribution is -2.04. The second-order valence-corrected chi connectivity index (χ2v) is 2.63. The van der Waals surface area contributed by atoms with E-state index in [0.29, 0.717) is 18.5 Å². The van der Waals surface area contributed by atoms with E-state index in [0.717, 1.165) is 5.56 Å². The number of halogens is 1. The molecule has 2 N–H and O–H groups in total. The minimum atomic E-state index is -0.143. The molecule has 0 radical (unpaired) electrons. The number of benzene rings is 1. The molecule has 0 aliphatic rings. The highest BCUT2D eigenvalue weighted by Crippen LogP contribution is 2.09. The average molecular weight is 153 g/mol. The molecule has 1 rings (SSSR count). The zero-order chi connectivity index (χ0) is 8.27. The zero-order valence-corrected chi connectivity index (χ0v) is 6.60. The predicted octanol–water partition coefficient (Wildman–Crippen LogP) is 1.64. The fourth-order valence-corrected chi connectivity index (χ4v) is 1.01. The van der Waals surface area contributed by atoms with Gasteiger partial charge in [-0.3, -0.25) is 0 Å². The van der Waals surface area contributed by atoms with Crippen LogP contribution in [0.4, 0.5) is 4.39 Å². The van der Waals surface area contributed by atoms with Gasteiger partial charge in [0.25, 0.3) is 0 Å².